The second kappa shape index (κ2) is 7.95. The van der Waals surface area contributed by atoms with E-state index in [1.807, 2.05) is 18.3 Å². The van der Waals surface area contributed by atoms with Crippen molar-refractivity contribution < 1.29 is 13.9 Å². The minimum atomic E-state index is -0.173. The number of aromatic nitrogens is 1. The summed E-state index contributed by atoms with van der Waals surface area (Å²) in [6.07, 6.45) is 4.06. The highest BCUT2D eigenvalue weighted by Crippen LogP contribution is 2.34. The van der Waals surface area contributed by atoms with Gasteiger partial charge in [0.1, 0.15) is 19.0 Å². The van der Waals surface area contributed by atoms with Crippen LogP contribution in [0.15, 0.2) is 42.6 Å². The molecule has 2 aliphatic heterocycles. The summed E-state index contributed by atoms with van der Waals surface area (Å²) in [5.74, 6) is 1.52. The van der Waals surface area contributed by atoms with Gasteiger partial charge in [0, 0.05) is 55.0 Å². The molecule has 0 amide bonds. The highest BCUT2D eigenvalue weighted by molar-refractivity contribution is 5.83. The van der Waals surface area contributed by atoms with E-state index in [9.17, 15) is 4.39 Å². The van der Waals surface area contributed by atoms with E-state index in [1.165, 1.54) is 17.3 Å². The van der Waals surface area contributed by atoms with Crippen molar-refractivity contribution in [3.8, 4) is 11.5 Å². The fourth-order valence-electron chi connectivity index (χ4n) is 4.31. The largest absolute Gasteiger partial charge is 0.486 e. The topological polar surface area (TPSA) is 40.7 Å². The lowest BCUT2D eigenvalue weighted by Crippen LogP contribution is -2.46. The molecule has 152 valence electrons. The predicted molar refractivity (Wildman–Crippen MR) is 113 cm³/mol. The number of nitrogens with one attached hydrogen (secondary N) is 1. The van der Waals surface area contributed by atoms with Crippen LogP contribution in [0, 0.1) is 5.82 Å². The number of rotatable bonds is 5. The molecule has 6 heteroatoms. The van der Waals surface area contributed by atoms with Crippen LogP contribution in [0.3, 0.4) is 0 Å². The molecule has 0 saturated carbocycles. The van der Waals surface area contributed by atoms with E-state index in [2.05, 4.69) is 26.9 Å². The van der Waals surface area contributed by atoms with Gasteiger partial charge < -0.3 is 19.4 Å². The Hall–Kier alpha value is -2.73. The third kappa shape index (κ3) is 3.90. The van der Waals surface area contributed by atoms with Crippen molar-refractivity contribution in [3.05, 3.63) is 54.0 Å². The van der Waals surface area contributed by atoms with Gasteiger partial charge >= 0.3 is 0 Å². The van der Waals surface area contributed by atoms with Crippen molar-refractivity contribution in [2.45, 2.75) is 12.8 Å². The Kier molecular flexibility index (Phi) is 5.02. The van der Waals surface area contributed by atoms with Crippen molar-refractivity contribution >= 4 is 16.6 Å². The van der Waals surface area contributed by atoms with Crippen LogP contribution in [0.2, 0.25) is 0 Å². The summed E-state index contributed by atoms with van der Waals surface area (Å²) in [6, 6.07) is 11.2. The third-order valence-corrected chi connectivity index (χ3v) is 5.91. The lowest BCUT2D eigenvalue weighted by molar-refractivity contribution is 0.171. The molecule has 1 N–H and O–H groups in total. The number of anilines is 1. The summed E-state index contributed by atoms with van der Waals surface area (Å²) >= 11 is 0. The van der Waals surface area contributed by atoms with Gasteiger partial charge in [-0.3, -0.25) is 4.90 Å². The molecule has 5 nitrogen and oxygen atoms in total. The number of piperazine rings is 1. The van der Waals surface area contributed by atoms with Gasteiger partial charge in [0.05, 0.1) is 0 Å². The molecule has 0 aliphatic carbocycles. The summed E-state index contributed by atoms with van der Waals surface area (Å²) in [4.78, 5) is 8.18. The molecule has 0 radical (unpaired) electrons. The van der Waals surface area contributed by atoms with Gasteiger partial charge in [-0.15, -0.1) is 0 Å². The second-order valence-corrected chi connectivity index (χ2v) is 7.76. The number of nitrogens with zero attached hydrogens (tertiary/aromatic N) is 2. The van der Waals surface area contributed by atoms with Crippen LogP contribution in [0.25, 0.3) is 10.9 Å². The number of ether oxygens (including phenoxy) is 2. The first kappa shape index (κ1) is 18.3. The van der Waals surface area contributed by atoms with Gasteiger partial charge in [-0.1, -0.05) is 0 Å². The van der Waals surface area contributed by atoms with Gasteiger partial charge in [0.15, 0.2) is 11.5 Å². The summed E-state index contributed by atoms with van der Waals surface area (Å²) in [7, 11) is 0. The maximum absolute atomic E-state index is 13.5. The third-order valence-electron chi connectivity index (χ3n) is 5.91. The lowest BCUT2D eigenvalue weighted by Gasteiger charge is -2.36. The molecule has 1 aromatic heterocycles. The molecule has 0 spiro atoms. The average molecular weight is 395 g/mol. The number of hydrogen-bond acceptors (Lipinski definition) is 4. The van der Waals surface area contributed by atoms with Crippen molar-refractivity contribution in [2.24, 2.45) is 0 Å². The zero-order chi connectivity index (χ0) is 19.6. The van der Waals surface area contributed by atoms with Crippen molar-refractivity contribution in [2.75, 3.05) is 50.8 Å². The van der Waals surface area contributed by atoms with Gasteiger partial charge in [-0.25, -0.2) is 4.39 Å². The standard InChI is InChI=1S/C23H26FN3O2/c24-18-3-5-21-20(14-18)17(16-25-21)2-1-7-26-8-10-27(11-9-26)19-4-6-22-23(15-19)29-13-12-28-22/h3-6,14-16,25H,1-2,7-13H2. The SMILES string of the molecule is Fc1ccc2[nH]cc(CCCN3CCN(c4ccc5c(c4)OCCO5)CC3)c2c1. The Labute approximate surface area is 170 Å². The molecule has 0 bridgehead atoms. The molecular weight excluding hydrogens is 369 g/mol. The molecule has 3 heterocycles. The average Bonchev–Trinajstić information content (AvgIpc) is 3.16. The Bertz CT molecular complexity index is 995. The van der Waals surface area contributed by atoms with E-state index in [0.717, 1.165) is 68.0 Å². The van der Waals surface area contributed by atoms with Crippen LogP contribution >= 0.6 is 0 Å². The van der Waals surface area contributed by atoms with Crippen molar-refractivity contribution in [3.63, 3.8) is 0 Å². The number of halogens is 1. The van der Waals surface area contributed by atoms with Crippen molar-refractivity contribution in [1.29, 1.82) is 0 Å². The Morgan fingerprint density at radius 2 is 1.76 bits per heavy atom. The molecule has 0 unspecified atom stereocenters. The first-order valence-electron chi connectivity index (χ1n) is 10.4. The Morgan fingerprint density at radius 1 is 0.931 bits per heavy atom. The molecule has 29 heavy (non-hydrogen) atoms. The number of fused-ring (bicyclic) bond motifs is 2. The maximum atomic E-state index is 13.5. The van der Waals surface area contributed by atoms with Gasteiger partial charge in [0.25, 0.3) is 0 Å². The van der Waals surface area contributed by atoms with Crippen LogP contribution in [0.4, 0.5) is 10.1 Å². The summed E-state index contributed by atoms with van der Waals surface area (Å²) in [6.45, 7) is 6.44. The molecule has 5 rings (SSSR count). The quantitative estimate of drug-likeness (QED) is 0.713. The van der Waals surface area contributed by atoms with E-state index in [4.69, 9.17) is 9.47 Å². The van der Waals surface area contributed by atoms with E-state index < -0.39 is 0 Å². The van der Waals surface area contributed by atoms with Gasteiger partial charge in [-0.05, 0) is 55.3 Å². The normalized spacial score (nSPS) is 17.1. The van der Waals surface area contributed by atoms with Crippen LogP contribution in [0.5, 0.6) is 11.5 Å². The van der Waals surface area contributed by atoms with E-state index >= 15 is 0 Å². The number of benzene rings is 2. The van der Waals surface area contributed by atoms with Gasteiger partial charge in [0.2, 0.25) is 0 Å². The summed E-state index contributed by atoms with van der Waals surface area (Å²) in [5, 5.41) is 1.01. The smallest absolute Gasteiger partial charge is 0.163 e. The van der Waals surface area contributed by atoms with Gasteiger partial charge in [-0.2, -0.15) is 0 Å². The maximum Gasteiger partial charge on any atom is 0.163 e. The molecule has 0 atom stereocenters. The number of hydrogen-bond donors (Lipinski definition) is 1. The Morgan fingerprint density at radius 3 is 2.62 bits per heavy atom. The number of aromatic amines is 1. The van der Waals surface area contributed by atoms with E-state index in [0.29, 0.717) is 13.2 Å². The second-order valence-electron chi connectivity index (χ2n) is 7.76. The van der Waals surface area contributed by atoms with Crippen LogP contribution in [-0.4, -0.2) is 55.8 Å². The fraction of sp³-hybridized carbons (Fsp3) is 0.391. The minimum absolute atomic E-state index is 0.173. The Balaban J connectivity index is 1.13. The van der Waals surface area contributed by atoms with E-state index in [1.54, 1.807) is 6.07 Å². The fourth-order valence-corrected chi connectivity index (χ4v) is 4.31. The molecule has 2 aliphatic rings. The van der Waals surface area contributed by atoms with Crippen molar-refractivity contribution in [1.82, 2.24) is 9.88 Å². The predicted octanol–water partition coefficient (Wildman–Crippen LogP) is 3.83. The zero-order valence-corrected chi connectivity index (χ0v) is 16.5. The molecular formula is C23H26FN3O2. The first-order chi connectivity index (χ1) is 14.3. The monoisotopic (exact) mass is 395 g/mol. The molecule has 2 aromatic carbocycles. The molecule has 1 saturated heterocycles. The number of H-pyrrole nitrogens is 1. The highest BCUT2D eigenvalue weighted by Gasteiger charge is 2.19. The number of aryl methyl sites for hydroxylation is 1. The zero-order valence-electron chi connectivity index (χ0n) is 16.5. The first-order valence-corrected chi connectivity index (χ1v) is 10.4. The highest BCUT2D eigenvalue weighted by atomic mass is 19.1. The summed E-state index contributed by atoms with van der Waals surface area (Å²) < 4.78 is 24.9. The lowest BCUT2D eigenvalue weighted by atomic mass is 10.1. The van der Waals surface area contributed by atoms with Crippen LogP contribution < -0.4 is 14.4 Å². The van der Waals surface area contributed by atoms with Crippen LogP contribution in [-0.2, 0) is 6.42 Å². The van der Waals surface area contributed by atoms with Crippen LogP contribution in [0.1, 0.15) is 12.0 Å². The molecule has 3 aromatic rings. The molecule has 1 fully saturated rings. The minimum Gasteiger partial charge on any atom is -0.486 e. The summed E-state index contributed by atoms with van der Waals surface area (Å²) in [5.41, 5.74) is 3.42. The van der Waals surface area contributed by atoms with E-state index in [-0.39, 0.29) is 5.82 Å².